The molecule has 1 heterocycles. The van der Waals surface area contributed by atoms with Crippen LogP contribution in [0.25, 0.3) is 10.9 Å². The Hall–Kier alpha value is -2.93. The molecule has 0 unspecified atom stereocenters. The van der Waals surface area contributed by atoms with Gasteiger partial charge in [-0.05, 0) is 31.0 Å². The molecule has 6 nitrogen and oxygen atoms in total. The Morgan fingerprint density at radius 2 is 1.83 bits per heavy atom. The summed E-state index contributed by atoms with van der Waals surface area (Å²) in [4.78, 5) is 42.2. The molecule has 1 atom stereocenters. The highest BCUT2D eigenvalue weighted by atomic mass is 32.2. The Bertz CT molecular complexity index is 1120. The first-order valence-electron chi connectivity index (χ1n) is 9.80. The van der Waals surface area contributed by atoms with Gasteiger partial charge in [-0.25, -0.2) is 4.98 Å². The molecule has 3 aromatic rings. The van der Waals surface area contributed by atoms with Gasteiger partial charge in [-0.15, -0.1) is 0 Å². The van der Waals surface area contributed by atoms with Crippen LogP contribution in [-0.2, 0) is 22.5 Å². The molecule has 0 spiro atoms. The molecular formula is C23H24N2O4S. The summed E-state index contributed by atoms with van der Waals surface area (Å²) in [6.07, 6.45) is 0.955. The Morgan fingerprint density at radius 1 is 1.13 bits per heavy atom. The number of hydrogen-bond donors (Lipinski definition) is 0. The number of aromatic nitrogens is 2. The van der Waals surface area contributed by atoms with Gasteiger partial charge in [-0.2, -0.15) is 0 Å². The highest BCUT2D eigenvalue weighted by molar-refractivity contribution is 8.00. The lowest BCUT2D eigenvalue weighted by atomic mass is 10.1. The molecule has 30 heavy (non-hydrogen) atoms. The maximum Gasteiger partial charge on any atom is 0.307 e. The zero-order chi connectivity index (χ0) is 21.7. The number of thioether (sulfide) groups is 1. The molecule has 0 fully saturated rings. The van der Waals surface area contributed by atoms with Gasteiger partial charge < -0.3 is 4.74 Å². The number of rotatable bonds is 8. The van der Waals surface area contributed by atoms with Crippen LogP contribution in [0.1, 0.15) is 36.2 Å². The summed E-state index contributed by atoms with van der Waals surface area (Å²) in [6, 6.07) is 14.6. The van der Waals surface area contributed by atoms with Crippen molar-refractivity contribution in [2.45, 2.75) is 43.6 Å². The second kappa shape index (κ2) is 9.71. The third-order valence-electron chi connectivity index (χ3n) is 4.89. The Kier molecular flexibility index (Phi) is 7.05. The molecule has 0 saturated heterocycles. The molecule has 0 aliphatic heterocycles. The van der Waals surface area contributed by atoms with Gasteiger partial charge in [0.2, 0.25) is 0 Å². The van der Waals surface area contributed by atoms with E-state index in [0.29, 0.717) is 21.6 Å². The normalized spacial score (nSPS) is 12.0. The molecule has 156 valence electrons. The summed E-state index contributed by atoms with van der Waals surface area (Å²) < 4.78 is 6.15. The molecule has 0 aliphatic carbocycles. The molecule has 0 saturated carbocycles. The van der Waals surface area contributed by atoms with E-state index in [9.17, 15) is 14.4 Å². The van der Waals surface area contributed by atoms with Crippen molar-refractivity contribution < 1.29 is 14.3 Å². The van der Waals surface area contributed by atoms with Gasteiger partial charge in [0.15, 0.2) is 10.9 Å². The third kappa shape index (κ3) is 4.79. The van der Waals surface area contributed by atoms with E-state index in [1.165, 1.54) is 29.0 Å². The van der Waals surface area contributed by atoms with Crippen LogP contribution < -0.4 is 5.56 Å². The number of methoxy groups -OCH3 is 1. The summed E-state index contributed by atoms with van der Waals surface area (Å²) in [5.41, 5.74) is 2.11. The van der Waals surface area contributed by atoms with Gasteiger partial charge in [0.1, 0.15) is 0 Å². The molecule has 0 amide bonds. The van der Waals surface area contributed by atoms with Crippen molar-refractivity contribution in [3.05, 3.63) is 70.0 Å². The summed E-state index contributed by atoms with van der Waals surface area (Å²) in [6.45, 7) is 4.00. The third-order valence-corrected chi connectivity index (χ3v) is 5.98. The number of benzene rings is 2. The predicted octanol–water partition coefficient (Wildman–Crippen LogP) is 3.89. The van der Waals surface area contributed by atoms with E-state index < -0.39 is 11.2 Å². The van der Waals surface area contributed by atoms with Crippen LogP contribution in [0.15, 0.2) is 58.5 Å². The molecular weight excluding hydrogens is 400 g/mol. The predicted molar refractivity (Wildman–Crippen MR) is 118 cm³/mol. The molecule has 7 heteroatoms. The Morgan fingerprint density at radius 3 is 2.50 bits per heavy atom. The lowest BCUT2D eigenvalue weighted by Crippen LogP contribution is -2.26. The van der Waals surface area contributed by atoms with Gasteiger partial charge in [-0.3, -0.25) is 19.0 Å². The zero-order valence-corrected chi connectivity index (χ0v) is 18.1. The van der Waals surface area contributed by atoms with Crippen LogP contribution in [0.3, 0.4) is 0 Å². The Labute approximate surface area is 179 Å². The first-order valence-corrected chi connectivity index (χ1v) is 10.7. The van der Waals surface area contributed by atoms with Gasteiger partial charge in [0.05, 0.1) is 29.7 Å². The molecule has 2 aromatic carbocycles. The van der Waals surface area contributed by atoms with Gasteiger partial charge >= 0.3 is 5.97 Å². The topological polar surface area (TPSA) is 78.3 Å². The lowest BCUT2D eigenvalue weighted by molar-refractivity contribution is -0.140. The summed E-state index contributed by atoms with van der Waals surface area (Å²) in [7, 11) is 1.31. The van der Waals surface area contributed by atoms with E-state index in [1.54, 1.807) is 25.1 Å². The molecule has 0 bridgehead atoms. The maximum absolute atomic E-state index is 13.0. The van der Waals surface area contributed by atoms with Crippen molar-refractivity contribution in [1.29, 1.82) is 0 Å². The molecule has 0 N–H and O–H groups in total. The number of Topliss-reactive ketones (excluding diaryl/α,β-unsaturated/α-hetero) is 1. The molecule has 0 radical (unpaired) electrons. The number of aryl methyl sites for hydroxylation is 1. The fourth-order valence-corrected chi connectivity index (χ4v) is 4.10. The van der Waals surface area contributed by atoms with Crippen LogP contribution >= 0.6 is 11.8 Å². The Balaban J connectivity index is 1.93. The van der Waals surface area contributed by atoms with Crippen molar-refractivity contribution in [1.82, 2.24) is 9.55 Å². The number of nitrogens with zero attached hydrogens (tertiary/aromatic N) is 2. The maximum atomic E-state index is 13.0. The summed E-state index contributed by atoms with van der Waals surface area (Å²) >= 11 is 1.22. The van der Waals surface area contributed by atoms with Crippen LogP contribution in [0.5, 0.6) is 0 Å². The minimum Gasteiger partial charge on any atom is -0.469 e. The number of carbonyl (C=O) groups excluding carboxylic acids is 2. The number of para-hydroxylation sites is 1. The van der Waals surface area contributed by atoms with Gasteiger partial charge in [0.25, 0.3) is 5.56 Å². The van der Waals surface area contributed by atoms with E-state index >= 15 is 0 Å². The minimum absolute atomic E-state index is 0.0374. The monoisotopic (exact) mass is 424 g/mol. The van der Waals surface area contributed by atoms with Crippen molar-refractivity contribution in [2.75, 3.05) is 7.11 Å². The smallest absolute Gasteiger partial charge is 0.307 e. The summed E-state index contributed by atoms with van der Waals surface area (Å²) in [5.74, 6) is -0.448. The lowest BCUT2D eigenvalue weighted by Gasteiger charge is -2.16. The van der Waals surface area contributed by atoms with E-state index in [0.717, 1.165) is 6.42 Å². The number of ether oxygens (including phenoxy) is 1. The van der Waals surface area contributed by atoms with E-state index in [-0.39, 0.29) is 24.3 Å². The van der Waals surface area contributed by atoms with Gasteiger partial charge in [0, 0.05) is 12.1 Å². The zero-order valence-electron chi connectivity index (χ0n) is 17.3. The number of hydrogen-bond acceptors (Lipinski definition) is 6. The fourth-order valence-electron chi connectivity index (χ4n) is 3.09. The first kappa shape index (κ1) is 21.8. The fraction of sp³-hybridized carbons (Fsp3) is 0.304. The highest BCUT2D eigenvalue weighted by Crippen LogP contribution is 2.25. The van der Waals surface area contributed by atoms with E-state index in [2.05, 4.69) is 11.9 Å². The molecule has 3 rings (SSSR count). The average molecular weight is 425 g/mol. The number of esters is 1. The standard InChI is InChI=1S/C23H24N2O4S/c1-4-16-9-11-17(12-10-16)21(27)15(2)30-23-24-19-8-6-5-7-18(19)22(28)25(23)14-13-20(26)29-3/h5-12,15H,4,13-14H2,1-3H3/t15-/m1/s1. The van der Waals surface area contributed by atoms with Crippen molar-refractivity contribution in [2.24, 2.45) is 0 Å². The summed E-state index contributed by atoms with van der Waals surface area (Å²) in [5, 5.41) is 0.435. The highest BCUT2D eigenvalue weighted by Gasteiger charge is 2.21. The molecule has 0 aliphatic rings. The number of ketones is 1. The molecule has 1 aromatic heterocycles. The van der Waals surface area contributed by atoms with Crippen LogP contribution in [0.2, 0.25) is 0 Å². The van der Waals surface area contributed by atoms with Crippen molar-refractivity contribution >= 4 is 34.4 Å². The SMILES string of the molecule is CCc1ccc(C(=O)[C@@H](C)Sc2nc3ccccc3c(=O)n2CCC(=O)OC)cc1. The second-order valence-electron chi connectivity index (χ2n) is 6.87. The van der Waals surface area contributed by atoms with E-state index in [4.69, 9.17) is 4.74 Å². The first-order chi connectivity index (χ1) is 14.4. The largest absolute Gasteiger partial charge is 0.469 e. The van der Waals surface area contributed by atoms with Gasteiger partial charge in [-0.1, -0.05) is 55.1 Å². The quantitative estimate of drug-likeness (QED) is 0.236. The van der Waals surface area contributed by atoms with E-state index in [1.807, 2.05) is 30.3 Å². The van der Waals surface area contributed by atoms with Crippen molar-refractivity contribution in [3.8, 4) is 0 Å². The number of carbonyl (C=O) groups is 2. The van der Waals surface area contributed by atoms with Crippen molar-refractivity contribution in [3.63, 3.8) is 0 Å². The average Bonchev–Trinajstić information content (AvgIpc) is 2.78. The minimum atomic E-state index is -0.449. The van der Waals surface area contributed by atoms with Crippen LogP contribution in [-0.4, -0.2) is 33.7 Å². The second-order valence-corrected chi connectivity index (χ2v) is 8.18. The number of fused-ring (bicyclic) bond motifs is 1. The van der Waals surface area contributed by atoms with Crippen LogP contribution in [0, 0.1) is 0 Å². The van der Waals surface area contributed by atoms with Crippen LogP contribution in [0.4, 0.5) is 0 Å².